The maximum atomic E-state index is 5.85. The van der Waals surface area contributed by atoms with Crippen LogP contribution in [0.25, 0.3) is 0 Å². The molecular weight excluding hydrogens is 200 g/mol. The first kappa shape index (κ1) is 10.2. The third kappa shape index (κ3) is 2.22. The van der Waals surface area contributed by atoms with Crippen molar-refractivity contribution in [3.05, 3.63) is 29.8 Å². The summed E-state index contributed by atoms with van der Waals surface area (Å²) in [5, 5.41) is 0. The standard InChI is InChI=1S/C14H18O2/c1-2-6-11(5-1)13-7-3-4-8-14(13)16-10-12-9-15-12/h3-4,7-8,11-12H,1-2,5-6,9-10H2/t12-/m0/s1. The van der Waals surface area contributed by atoms with Crippen LogP contribution >= 0.6 is 0 Å². The molecule has 1 aromatic rings. The quantitative estimate of drug-likeness (QED) is 0.724. The second kappa shape index (κ2) is 4.46. The first-order valence-electron chi connectivity index (χ1n) is 6.27. The van der Waals surface area contributed by atoms with Gasteiger partial charge in [0, 0.05) is 0 Å². The fourth-order valence-electron chi connectivity index (χ4n) is 2.53. The average molecular weight is 218 g/mol. The summed E-state index contributed by atoms with van der Waals surface area (Å²) in [6.07, 6.45) is 5.72. The summed E-state index contributed by atoms with van der Waals surface area (Å²) in [6, 6.07) is 8.49. The van der Waals surface area contributed by atoms with Crippen molar-refractivity contribution in [2.24, 2.45) is 0 Å². The van der Waals surface area contributed by atoms with Crippen LogP contribution in [-0.4, -0.2) is 19.3 Å². The molecule has 2 nitrogen and oxygen atoms in total. The molecule has 1 aliphatic heterocycles. The predicted molar refractivity (Wildman–Crippen MR) is 62.9 cm³/mol. The van der Waals surface area contributed by atoms with Gasteiger partial charge in [-0.05, 0) is 30.4 Å². The summed E-state index contributed by atoms with van der Waals surface area (Å²) in [4.78, 5) is 0. The molecule has 0 unspecified atom stereocenters. The highest BCUT2D eigenvalue weighted by Crippen LogP contribution is 2.38. The Morgan fingerprint density at radius 2 is 1.94 bits per heavy atom. The van der Waals surface area contributed by atoms with Gasteiger partial charge in [0.25, 0.3) is 0 Å². The zero-order chi connectivity index (χ0) is 10.8. The maximum Gasteiger partial charge on any atom is 0.122 e. The summed E-state index contributed by atoms with van der Waals surface area (Å²) >= 11 is 0. The Bertz CT molecular complexity index is 352. The number of benzene rings is 1. The molecule has 16 heavy (non-hydrogen) atoms. The van der Waals surface area contributed by atoms with E-state index in [0.717, 1.165) is 18.3 Å². The van der Waals surface area contributed by atoms with E-state index in [9.17, 15) is 0 Å². The summed E-state index contributed by atoms with van der Waals surface area (Å²) in [5.74, 6) is 1.79. The van der Waals surface area contributed by atoms with Gasteiger partial charge < -0.3 is 9.47 Å². The Kier molecular flexibility index (Phi) is 2.83. The van der Waals surface area contributed by atoms with E-state index in [1.54, 1.807) is 0 Å². The Morgan fingerprint density at radius 3 is 2.69 bits per heavy atom. The van der Waals surface area contributed by atoms with Gasteiger partial charge in [-0.3, -0.25) is 0 Å². The molecule has 1 saturated heterocycles. The van der Waals surface area contributed by atoms with Gasteiger partial charge in [0.15, 0.2) is 0 Å². The SMILES string of the molecule is c1ccc(C2CCCC2)c(OC[C@@H]2CO2)c1. The van der Waals surface area contributed by atoms with Gasteiger partial charge in [0.05, 0.1) is 6.61 Å². The fraction of sp³-hybridized carbons (Fsp3) is 0.571. The number of hydrogen-bond acceptors (Lipinski definition) is 2. The average Bonchev–Trinajstić information content (AvgIpc) is 3.00. The van der Waals surface area contributed by atoms with Crippen molar-refractivity contribution in [2.75, 3.05) is 13.2 Å². The van der Waals surface area contributed by atoms with Crippen molar-refractivity contribution >= 4 is 0 Å². The van der Waals surface area contributed by atoms with Crippen LogP contribution in [0.3, 0.4) is 0 Å². The predicted octanol–water partition coefficient (Wildman–Crippen LogP) is 3.12. The molecule has 2 aliphatic rings. The first-order valence-corrected chi connectivity index (χ1v) is 6.27. The van der Waals surface area contributed by atoms with E-state index in [4.69, 9.17) is 9.47 Å². The molecule has 2 heteroatoms. The van der Waals surface area contributed by atoms with Crippen molar-refractivity contribution in [1.82, 2.24) is 0 Å². The van der Waals surface area contributed by atoms with E-state index in [2.05, 4.69) is 24.3 Å². The van der Waals surface area contributed by atoms with Crippen LogP contribution in [0.4, 0.5) is 0 Å². The molecule has 0 radical (unpaired) electrons. The normalized spacial score (nSPS) is 24.6. The molecule has 2 fully saturated rings. The van der Waals surface area contributed by atoms with Gasteiger partial charge in [0.1, 0.15) is 18.5 Å². The first-order chi connectivity index (χ1) is 7.93. The van der Waals surface area contributed by atoms with Gasteiger partial charge in [-0.15, -0.1) is 0 Å². The van der Waals surface area contributed by atoms with Crippen LogP contribution in [0, 0.1) is 0 Å². The van der Waals surface area contributed by atoms with Crippen LogP contribution in [0.2, 0.25) is 0 Å². The topological polar surface area (TPSA) is 21.8 Å². The lowest BCUT2D eigenvalue weighted by Crippen LogP contribution is -2.06. The Hall–Kier alpha value is -1.02. The van der Waals surface area contributed by atoms with Crippen LogP contribution in [0.5, 0.6) is 5.75 Å². The van der Waals surface area contributed by atoms with Crippen molar-refractivity contribution < 1.29 is 9.47 Å². The highest BCUT2D eigenvalue weighted by atomic mass is 16.6. The van der Waals surface area contributed by atoms with Crippen molar-refractivity contribution in [3.63, 3.8) is 0 Å². The Morgan fingerprint density at radius 1 is 1.19 bits per heavy atom. The third-order valence-corrected chi connectivity index (χ3v) is 3.54. The van der Waals surface area contributed by atoms with Crippen molar-refractivity contribution in [1.29, 1.82) is 0 Å². The molecule has 3 rings (SSSR count). The van der Waals surface area contributed by atoms with Crippen LogP contribution in [-0.2, 0) is 4.74 Å². The van der Waals surface area contributed by atoms with E-state index < -0.39 is 0 Å². The number of ether oxygens (including phenoxy) is 2. The summed E-state index contributed by atoms with van der Waals surface area (Å²) < 4.78 is 11.0. The summed E-state index contributed by atoms with van der Waals surface area (Å²) in [7, 11) is 0. The zero-order valence-corrected chi connectivity index (χ0v) is 9.52. The van der Waals surface area contributed by atoms with E-state index in [1.165, 1.54) is 31.2 Å². The molecule has 0 spiro atoms. The number of para-hydroxylation sites is 1. The zero-order valence-electron chi connectivity index (χ0n) is 9.52. The molecule has 86 valence electrons. The largest absolute Gasteiger partial charge is 0.490 e. The van der Waals surface area contributed by atoms with E-state index in [1.807, 2.05) is 0 Å². The minimum Gasteiger partial charge on any atom is -0.490 e. The molecule has 1 saturated carbocycles. The van der Waals surface area contributed by atoms with E-state index in [0.29, 0.717) is 12.7 Å². The van der Waals surface area contributed by atoms with E-state index in [-0.39, 0.29) is 0 Å². The third-order valence-electron chi connectivity index (χ3n) is 3.54. The lowest BCUT2D eigenvalue weighted by molar-refractivity contribution is 0.260. The summed E-state index contributed by atoms with van der Waals surface area (Å²) in [5.41, 5.74) is 1.40. The van der Waals surface area contributed by atoms with Crippen molar-refractivity contribution in [2.45, 2.75) is 37.7 Å². The monoisotopic (exact) mass is 218 g/mol. The highest BCUT2D eigenvalue weighted by Gasteiger charge is 2.25. The smallest absolute Gasteiger partial charge is 0.122 e. The molecule has 0 bridgehead atoms. The number of epoxide rings is 1. The van der Waals surface area contributed by atoms with Gasteiger partial charge in [-0.25, -0.2) is 0 Å². The molecule has 1 atom stereocenters. The minimum absolute atomic E-state index is 0.344. The Balaban J connectivity index is 1.73. The molecule has 1 aliphatic carbocycles. The molecule has 0 amide bonds. The Labute approximate surface area is 96.6 Å². The van der Waals surface area contributed by atoms with Crippen molar-refractivity contribution in [3.8, 4) is 5.75 Å². The van der Waals surface area contributed by atoms with E-state index >= 15 is 0 Å². The number of rotatable bonds is 4. The van der Waals surface area contributed by atoms with Gasteiger partial charge >= 0.3 is 0 Å². The second-order valence-corrected chi connectivity index (χ2v) is 4.79. The van der Waals surface area contributed by atoms with Gasteiger partial charge in [-0.1, -0.05) is 31.0 Å². The molecule has 0 N–H and O–H groups in total. The van der Waals surface area contributed by atoms with Crippen LogP contribution in [0.15, 0.2) is 24.3 Å². The van der Waals surface area contributed by atoms with Crippen LogP contribution < -0.4 is 4.74 Å². The molecular formula is C14H18O2. The lowest BCUT2D eigenvalue weighted by Gasteiger charge is -2.15. The molecule has 1 aromatic carbocycles. The maximum absolute atomic E-state index is 5.85. The van der Waals surface area contributed by atoms with Gasteiger partial charge in [-0.2, -0.15) is 0 Å². The second-order valence-electron chi connectivity index (χ2n) is 4.79. The summed E-state index contributed by atoms with van der Waals surface area (Å²) in [6.45, 7) is 1.58. The van der Waals surface area contributed by atoms with Crippen LogP contribution in [0.1, 0.15) is 37.2 Å². The minimum atomic E-state index is 0.344. The highest BCUT2D eigenvalue weighted by molar-refractivity contribution is 5.36. The molecule has 1 heterocycles. The van der Waals surface area contributed by atoms with Gasteiger partial charge in [0.2, 0.25) is 0 Å². The fourth-order valence-corrected chi connectivity index (χ4v) is 2.53. The lowest BCUT2D eigenvalue weighted by atomic mass is 9.97. The molecule has 0 aromatic heterocycles. The number of hydrogen-bond donors (Lipinski definition) is 0.